The molecule has 6 nitrogen and oxygen atoms in total. The number of nitrogens with zero attached hydrogens (tertiary/aromatic N) is 5. The van der Waals surface area contributed by atoms with E-state index in [9.17, 15) is 0 Å². The average Bonchev–Trinajstić information content (AvgIpc) is 2.56. The first-order chi connectivity index (χ1) is 10.3. The van der Waals surface area contributed by atoms with Crippen molar-refractivity contribution >= 4 is 17.3 Å². The van der Waals surface area contributed by atoms with Gasteiger partial charge in [0.2, 0.25) is 5.95 Å². The van der Waals surface area contributed by atoms with Crippen LogP contribution in [0, 0.1) is 11.3 Å². The zero-order chi connectivity index (χ0) is 14.7. The first-order valence-corrected chi connectivity index (χ1v) is 6.84. The maximum absolute atomic E-state index is 9.06. The number of nitriles is 1. The smallest absolute Gasteiger partial charge is 0.225 e. The second-order valence-corrected chi connectivity index (χ2v) is 4.91. The third-order valence-electron chi connectivity index (χ3n) is 3.64. The Morgan fingerprint density at radius 3 is 2.38 bits per heavy atom. The van der Waals surface area contributed by atoms with Crippen molar-refractivity contribution in [1.29, 1.82) is 5.26 Å². The van der Waals surface area contributed by atoms with E-state index in [1.165, 1.54) is 0 Å². The van der Waals surface area contributed by atoms with Crippen molar-refractivity contribution in [3.8, 4) is 6.07 Å². The molecule has 21 heavy (non-hydrogen) atoms. The van der Waals surface area contributed by atoms with Crippen molar-refractivity contribution in [2.75, 3.05) is 41.7 Å². The highest BCUT2D eigenvalue weighted by atomic mass is 15.3. The first-order valence-electron chi connectivity index (χ1n) is 6.84. The third kappa shape index (κ3) is 2.72. The van der Waals surface area contributed by atoms with Gasteiger partial charge >= 0.3 is 0 Å². The van der Waals surface area contributed by atoms with Crippen molar-refractivity contribution < 1.29 is 0 Å². The number of rotatable bonds is 2. The largest absolute Gasteiger partial charge is 0.398 e. The minimum Gasteiger partial charge on any atom is -0.398 e. The van der Waals surface area contributed by atoms with Crippen molar-refractivity contribution in [2.24, 2.45) is 0 Å². The number of benzene rings is 1. The Hall–Kier alpha value is -2.81. The summed E-state index contributed by atoms with van der Waals surface area (Å²) in [5, 5.41) is 9.06. The van der Waals surface area contributed by atoms with Gasteiger partial charge in [0.25, 0.3) is 0 Å². The van der Waals surface area contributed by atoms with E-state index >= 15 is 0 Å². The predicted octanol–water partition coefficient (Wildman–Crippen LogP) is 1.26. The lowest BCUT2D eigenvalue weighted by Crippen LogP contribution is -2.47. The fourth-order valence-electron chi connectivity index (χ4n) is 2.46. The molecule has 0 unspecified atom stereocenters. The van der Waals surface area contributed by atoms with Crippen LogP contribution in [0.25, 0.3) is 0 Å². The van der Waals surface area contributed by atoms with E-state index in [4.69, 9.17) is 11.0 Å². The number of anilines is 3. The molecule has 0 spiro atoms. The van der Waals surface area contributed by atoms with Gasteiger partial charge in [-0.2, -0.15) is 5.26 Å². The molecule has 1 aromatic heterocycles. The molecule has 1 aliphatic rings. The Balaban J connectivity index is 1.70. The molecule has 0 bridgehead atoms. The normalized spacial score (nSPS) is 14.8. The molecule has 0 radical (unpaired) electrons. The van der Waals surface area contributed by atoms with Crippen molar-refractivity contribution in [1.82, 2.24) is 9.97 Å². The number of nitrogens with two attached hydrogens (primary N) is 1. The van der Waals surface area contributed by atoms with Crippen molar-refractivity contribution in [3.05, 3.63) is 42.2 Å². The highest BCUT2D eigenvalue weighted by molar-refractivity contribution is 5.63. The van der Waals surface area contributed by atoms with Gasteiger partial charge in [-0.05, 0) is 24.3 Å². The van der Waals surface area contributed by atoms with Crippen LogP contribution in [0.5, 0.6) is 0 Å². The maximum Gasteiger partial charge on any atom is 0.225 e. The Bertz CT molecular complexity index is 656. The van der Waals surface area contributed by atoms with Gasteiger partial charge in [0.1, 0.15) is 6.07 Å². The molecule has 1 aromatic carbocycles. The van der Waals surface area contributed by atoms with E-state index in [0.717, 1.165) is 37.8 Å². The van der Waals surface area contributed by atoms with Crippen molar-refractivity contribution in [3.63, 3.8) is 0 Å². The second kappa shape index (κ2) is 5.67. The molecule has 2 heterocycles. The minimum atomic E-state index is 0.526. The summed E-state index contributed by atoms with van der Waals surface area (Å²) in [7, 11) is 0. The highest BCUT2D eigenvalue weighted by Crippen LogP contribution is 2.22. The van der Waals surface area contributed by atoms with Crippen LogP contribution in [0.2, 0.25) is 0 Å². The lowest BCUT2D eigenvalue weighted by molar-refractivity contribution is 0.640. The fraction of sp³-hybridized carbons (Fsp3) is 0.267. The summed E-state index contributed by atoms with van der Waals surface area (Å²) in [6, 6.07) is 9.55. The standard InChI is InChI=1S/C15H16N6/c16-11-12-10-13(2-3-14(12)17)20-6-8-21(9-7-20)15-18-4-1-5-19-15/h1-5,10H,6-9,17H2. The molecule has 6 heteroatoms. The van der Waals surface area contributed by atoms with Crippen LogP contribution < -0.4 is 15.5 Å². The van der Waals surface area contributed by atoms with Gasteiger partial charge < -0.3 is 15.5 Å². The monoisotopic (exact) mass is 280 g/mol. The average molecular weight is 280 g/mol. The van der Waals surface area contributed by atoms with Gasteiger partial charge in [-0.25, -0.2) is 9.97 Å². The summed E-state index contributed by atoms with van der Waals surface area (Å²) in [5.74, 6) is 0.771. The van der Waals surface area contributed by atoms with E-state index in [2.05, 4.69) is 25.8 Å². The zero-order valence-electron chi connectivity index (χ0n) is 11.6. The third-order valence-corrected chi connectivity index (χ3v) is 3.64. The summed E-state index contributed by atoms with van der Waals surface area (Å²) in [6.07, 6.45) is 3.52. The van der Waals surface area contributed by atoms with Gasteiger partial charge in [0.15, 0.2) is 0 Å². The van der Waals surface area contributed by atoms with Gasteiger partial charge in [0, 0.05) is 49.9 Å². The van der Waals surface area contributed by atoms with E-state index < -0.39 is 0 Å². The molecule has 1 fully saturated rings. The number of aromatic nitrogens is 2. The van der Waals surface area contributed by atoms with Gasteiger partial charge in [-0.3, -0.25) is 0 Å². The van der Waals surface area contributed by atoms with E-state index in [1.54, 1.807) is 18.5 Å². The Kier molecular flexibility index (Phi) is 3.56. The second-order valence-electron chi connectivity index (χ2n) is 4.91. The molecule has 3 rings (SSSR count). The van der Waals surface area contributed by atoms with Gasteiger partial charge in [-0.15, -0.1) is 0 Å². The van der Waals surface area contributed by atoms with Crippen LogP contribution in [0.15, 0.2) is 36.7 Å². The Labute approximate surface area is 123 Å². The summed E-state index contributed by atoms with van der Waals surface area (Å²) in [6.45, 7) is 3.45. The van der Waals surface area contributed by atoms with Crippen LogP contribution in [0.3, 0.4) is 0 Å². The fourth-order valence-corrected chi connectivity index (χ4v) is 2.46. The van der Waals surface area contributed by atoms with Crippen LogP contribution in [0.1, 0.15) is 5.56 Å². The first kappa shape index (κ1) is 13.2. The maximum atomic E-state index is 9.06. The molecule has 1 saturated heterocycles. The van der Waals surface area contributed by atoms with Crippen LogP contribution in [0.4, 0.5) is 17.3 Å². The van der Waals surface area contributed by atoms with E-state index in [1.807, 2.05) is 18.2 Å². The predicted molar refractivity (Wildman–Crippen MR) is 82.0 cm³/mol. The Morgan fingerprint density at radius 1 is 1.05 bits per heavy atom. The zero-order valence-corrected chi connectivity index (χ0v) is 11.6. The van der Waals surface area contributed by atoms with Gasteiger partial charge in [-0.1, -0.05) is 0 Å². The molecule has 0 atom stereocenters. The molecule has 1 aliphatic heterocycles. The van der Waals surface area contributed by atoms with Gasteiger partial charge in [0.05, 0.1) is 5.56 Å². The van der Waals surface area contributed by atoms with E-state index in [0.29, 0.717) is 11.3 Å². The Morgan fingerprint density at radius 2 is 1.71 bits per heavy atom. The molecular formula is C15H16N6. The molecular weight excluding hydrogens is 264 g/mol. The lowest BCUT2D eigenvalue weighted by atomic mass is 10.1. The van der Waals surface area contributed by atoms with Crippen LogP contribution >= 0.6 is 0 Å². The van der Waals surface area contributed by atoms with Crippen LogP contribution in [-0.4, -0.2) is 36.1 Å². The molecule has 106 valence electrons. The summed E-state index contributed by atoms with van der Waals surface area (Å²) in [5.41, 5.74) is 7.85. The number of hydrogen-bond acceptors (Lipinski definition) is 6. The molecule has 2 aromatic rings. The number of piperazine rings is 1. The quantitative estimate of drug-likeness (QED) is 0.834. The SMILES string of the molecule is N#Cc1cc(N2CCN(c3ncccn3)CC2)ccc1N. The summed E-state index contributed by atoms with van der Waals surface area (Å²) >= 11 is 0. The number of hydrogen-bond donors (Lipinski definition) is 1. The lowest BCUT2D eigenvalue weighted by Gasteiger charge is -2.36. The molecule has 0 saturated carbocycles. The summed E-state index contributed by atoms with van der Waals surface area (Å²) < 4.78 is 0. The topological polar surface area (TPSA) is 82.1 Å². The minimum absolute atomic E-state index is 0.526. The molecule has 0 amide bonds. The molecule has 2 N–H and O–H groups in total. The van der Waals surface area contributed by atoms with Crippen molar-refractivity contribution in [2.45, 2.75) is 0 Å². The highest BCUT2D eigenvalue weighted by Gasteiger charge is 2.19. The van der Waals surface area contributed by atoms with Crippen LogP contribution in [-0.2, 0) is 0 Å². The van der Waals surface area contributed by atoms with E-state index in [-0.39, 0.29) is 0 Å². The number of nitrogen functional groups attached to an aromatic ring is 1. The molecule has 0 aliphatic carbocycles. The summed E-state index contributed by atoms with van der Waals surface area (Å²) in [4.78, 5) is 13.0.